The monoisotopic (exact) mass is 415 g/mol. The molecule has 2 aromatic rings. The fourth-order valence-corrected chi connectivity index (χ4v) is 3.73. The molecular formula is C20H29N7O3. The molecule has 1 amide bonds. The Bertz CT molecular complexity index is 834. The second-order valence-corrected chi connectivity index (χ2v) is 7.38. The van der Waals surface area contributed by atoms with Crippen molar-refractivity contribution in [3.05, 3.63) is 24.2 Å². The Labute approximate surface area is 175 Å². The van der Waals surface area contributed by atoms with Gasteiger partial charge in [-0.15, -0.1) is 0 Å². The molecule has 0 spiro atoms. The SMILES string of the molecule is CCNC(=NCCc1nc(-c2ccco2)n[nH]1)N1CCN(C(=O)C2CCCO2)CC1. The van der Waals surface area contributed by atoms with E-state index in [-0.39, 0.29) is 12.0 Å². The molecule has 0 bridgehead atoms. The molecule has 1 unspecified atom stereocenters. The summed E-state index contributed by atoms with van der Waals surface area (Å²) in [6.07, 6.45) is 3.83. The number of carbonyl (C=O) groups is 1. The summed E-state index contributed by atoms with van der Waals surface area (Å²) in [5.41, 5.74) is 0. The summed E-state index contributed by atoms with van der Waals surface area (Å²) in [5.74, 6) is 2.97. The van der Waals surface area contributed by atoms with Crippen molar-refractivity contribution in [3.63, 3.8) is 0 Å². The highest BCUT2D eigenvalue weighted by atomic mass is 16.5. The van der Waals surface area contributed by atoms with Gasteiger partial charge in [-0.1, -0.05) is 0 Å². The van der Waals surface area contributed by atoms with Gasteiger partial charge < -0.3 is 24.3 Å². The van der Waals surface area contributed by atoms with Crippen molar-refractivity contribution in [2.24, 2.45) is 4.99 Å². The first-order valence-electron chi connectivity index (χ1n) is 10.6. The van der Waals surface area contributed by atoms with Crippen LogP contribution in [0.3, 0.4) is 0 Å². The Kier molecular flexibility index (Phi) is 6.63. The van der Waals surface area contributed by atoms with Crippen LogP contribution in [0.5, 0.6) is 0 Å². The predicted molar refractivity (Wildman–Crippen MR) is 111 cm³/mol. The Hall–Kier alpha value is -2.88. The van der Waals surface area contributed by atoms with Gasteiger partial charge in [0.2, 0.25) is 5.82 Å². The van der Waals surface area contributed by atoms with Gasteiger partial charge in [-0.25, -0.2) is 4.98 Å². The van der Waals surface area contributed by atoms with Gasteiger partial charge >= 0.3 is 0 Å². The van der Waals surface area contributed by atoms with Crippen LogP contribution in [-0.2, 0) is 16.0 Å². The number of furan rings is 1. The van der Waals surface area contributed by atoms with Crippen molar-refractivity contribution in [2.75, 3.05) is 45.9 Å². The van der Waals surface area contributed by atoms with Crippen LogP contribution in [0.2, 0.25) is 0 Å². The fourth-order valence-electron chi connectivity index (χ4n) is 3.73. The highest BCUT2D eigenvalue weighted by molar-refractivity contribution is 5.82. The summed E-state index contributed by atoms with van der Waals surface area (Å²) in [4.78, 5) is 25.9. The van der Waals surface area contributed by atoms with E-state index in [1.807, 2.05) is 17.0 Å². The van der Waals surface area contributed by atoms with E-state index in [1.165, 1.54) is 0 Å². The second kappa shape index (κ2) is 9.75. The number of amides is 1. The molecule has 4 heterocycles. The van der Waals surface area contributed by atoms with Crippen LogP contribution < -0.4 is 5.32 Å². The van der Waals surface area contributed by atoms with E-state index < -0.39 is 0 Å². The molecule has 1 atom stereocenters. The van der Waals surface area contributed by atoms with Crippen molar-refractivity contribution in [2.45, 2.75) is 32.3 Å². The quantitative estimate of drug-likeness (QED) is 0.532. The maximum absolute atomic E-state index is 12.5. The number of guanidine groups is 1. The Morgan fingerprint density at radius 1 is 1.33 bits per heavy atom. The molecule has 30 heavy (non-hydrogen) atoms. The lowest BCUT2D eigenvalue weighted by Crippen LogP contribution is -2.55. The number of nitrogens with zero attached hydrogens (tertiary/aromatic N) is 5. The third-order valence-corrected chi connectivity index (χ3v) is 5.31. The smallest absolute Gasteiger partial charge is 0.251 e. The molecule has 162 valence electrons. The molecule has 2 aromatic heterocycles. The Morgan fingerprint density at radius 2 is 2.17 bits per heavy atom. The van der Waals surface area contributed by atoms with Crippen LogP contribution >= 0.6 is 0 Å². The van der Waals surface area contributed by atoms with Gasteiger partial charge in [-0.05, 0) is 31.9 Å². The lowest BCUT2D eigenvalue weighted by Gasteiger charge is -2.37. The number of ether oxygens (including phenoxy) is 1. The van der Waals surface area contributed by atoms with Crippen LogP contribution in [0.1, 0.15) is 25.6 Å². The van der Waals surface area contributed by atoms with Gasteiger partial charge in [-0.2, -0.15) is 5.10 Å². The summed E-state index contributed by atoms with van der Waals surface area (Å²) in [7, 11) is 0. The highest BCUT2D eigenvalue weighted by Gasteiger charge is 2.30. The van der Waals surface area contributed by atoms with E-state index in [9.17, 15) is 4.79 Å². The van der Waals surface area contributed by atoms with E-state index in [0.29, 0.717) is 44.2 Å². The van der Waals surface area contributed by atoms with Crippen LogP contribution in [0, 0.1) is 0 Å². The molecule has 0 aromatic carbocycles. The average molecular weight is 415 g/mol. The Morgan fingerprint density at radius 3 is 2.87 bits per heavy atom. The third kappa shape index (κ3) is 4.81. The molecule has 2 aliphatic heterocycles. The number of H-pyrrole nitrogens is 1. The van der Waals surface area contributed by atoms with Crippen molar-refractivity contribution in [1.82, 2.24) is 30.3 Å². The molecular weight excluding hydrogens is 386 g/mol. The summed E-state index contributed by atoms with van der Waals surface area (Å²) < 4.78 is 10.9. The van der Waals surface area contributed by atoms with E-state index >= 15 is 0 Å². The topological polar surface area (TPSA) is 112 Å². The summed E-state index contributed by atoms with van der Waals surface area (Å²) in [6.45, 7) is 7.03. The highest BCUT2D eigenvalue weighted by Crippen LogP contribution is 2.16. The molecule has 0 saturated carbocycles. The number of hydrogen-bond donors (Lipinski definition) is 2. The van der Waals surface area contributed by atoms with Crippen LogP contribution in [0.15, 0.2) is 27.8 Å². The van der Waals surface area contributed by atoms with E-state index in [0.717, 1.165) is 44.3 Å². The van der Waals surface area contributed by atoms with Crippen LogP contribution in [0.25, 0.3) is 11.6 Å². The van der Waals surface area contributed by atoms with Gasteiger partial charge in [0.15, 0.2) is 11.7 Å². The molecule has 2 fully saturated rings. The lowest BCUT2D eigenvalue weighted by molar-refractivity contribution is -0.142. The Balaban J connectivity index is 1.29. The zero-order valence-electron chi connectivity index (χ0n) is 17.3. The number of nitrogens with one attached hydrogen (secondary N) is 2. The van der Waals surface area contributed by atoms with Crippen LogP contribution in [0.4, 0.5) is 0 Å². The maximum atomic E-state index is 12.5. The molecule has 10 nitrogen and oxygen atoms in total. The number of piperazine rings is 1. The fraction of sp³-hybridized carbons (Fsp3) is 0.600. The molecule has 2 aliphatic rings. The average Bonchev–Trinajstić information content (AvgIpc) is 3.55. The van der Waals surface area contributed by atoms with Gasteiger partial charge in [0.25, 0.3) is 5.91 Å². The maximum Gasteiger partial charge on any atom is 0.251 e. The first-order chi connectivity index (χ1) is 14.7. The summed E-state index contributed by atoms with van der Waals surface area (Å²) in [6, 6.07) is 3.64. The second-order valence-electron chi connectivity index (χ2n) is 7.38. The minimum atomic E-state index is -0.244. The first kappa shape index (κ1) is 20.4. The number of carbonyl (C=O) groups excluding carboxylic acids is 1. The minimum Gasteiger partial charge on any atom is -0.461 e. The number of hydrogen-bond acceptors (Lipinski definition) is 6. The predicted octanol–water partition coefficient (Wildman–Crippen LogP) is 0.896. The standard InChI is InChI=1S/C20H29N7O3/c1-2-21-20(22-8-7-17-23-18(25-24-17)15-5-3-13-29-15)27-11-9-26(10-12-27)19(28)16-6-4-14-30-16/h3,5,13,16H,2,4,6-12,14H2,1H3,(H,21,22)(H,23,24,25). The van der Waals surface area contributed by atoms with Crippen LogP contribution in [-0.4, -0.2) is 88.8 Å². The molecule has 2 saturated heterocycles. The molecule has 4 rings (SSSR count). The molecule has 2 N–H and O–H groups in total. The van der Waals surface area contributed by atoms with E-state index in [1.54, 1.807) is 6.26 Å². The number of aromatic amines is 1. The lowest BCUT2D eigenvalue weighted by atomic mass is 10.2. The van der Waals surface area contributed by atoms with Crippen molar-refractivity contribution < 1.29 is 13.9 Å². The van der Waals surface area contributed by atoms with Gasteiger partial charge in [-0.3, -0.25) is 14.9 Å². The summed E-state index contributed by atoms with van der Waals surface area (Å²) in [5, 5.41) is 10.5. The molecule has 10 heteroatoms. The van der Waals surface area contributed by atoms with E-state index in [4.69, 9.17) is 14.1 Å². The van der Waals surface area contributed by atoms with Gasteiger partial charge in [0.05, 0.1) is 6.26 Å². The van der Waals surface area contributed by atoms with Crippen molar-refractivity contribution in [3.8, 4) is 11.6 Å². The normalized spacial score (nSPS) is 20.0. The minimum absolute atomic E-state index is 0.131. The largest absolute Gasteiger partial charge is 0.461 e. The number of rotatable bonds is 6. The molecule has 0 radical (unpaired) electrons. The first-order valence-corrected chi connectivity index (χ1v) is 10.6. The molecule has 0 aliphatic carbocycles. The van der Waals surface area contributed by atoms with Gasteiger partial charge in [0, 0.05) is 52.3 Å². The number of aliphatic imine (C=N–C) groups is 1. The third-order valence-electron chi connectivity index (χ3n) is 5.31. The van der Waals surface area contributed by atoms with Crippen molar-refractivity contribution in [1.29, 1.82) is 0 Å². The van der Waals surface area contributed by atoms with E-state index in [2.05, 4.69) is 32.3 Å². The zero-order chi connectivity index (χ0) is 20.8. The van der Waals surface area contributed by atoms with Gasteiger partial charge in [0.1, 0.15) is 11.9 Å². The number of aromatic nitrogens is 3. The van der Waals surface area contributed by atoms with Crippen molar-refractivity contribution >= 4 is 11.9 Å². The zero-order valence-corrected chi connectivity index (χ0v) is 17.3. The summed E-state index contributed by atoms with van der Waals surface area (Å²) >= 11 is 0.